The van der Waals surface area contributed by atoms with Crippen molar-refractivity contribution in [2.75, 3.05) is 0 Å². The molecule has 0 heterocycles. The highest BCUT2D eigenvalue weighted by molar-refractivity contribution is 8.93. The lowest BCUT2D eigenvalue weighted by molar-refractivity contribution is -0.129. The lowest BCUT2D eigenvalue weighted by Crippen LogP contribution is -2.47. The fourth-order valence-electron chi connectivity index (χ4n) is 0.253. The van der Waals surface area contributed by atoms with Crippen LogP contribution >= 0.6 is 17.0 Å². The molecule has 0 aromatic carbocycles. The molecule has 0 saturated carbocycles. The molecule has 0 spiro atoms. The molecule has 0 atom stereocenters. The molecule has 0 unspecified atom stereocenters. The molecule has 0 radical (unpaired) electrons. The van der Waals surface area contributed by atoms with Crippen molar-refractivity contribution >= 4 is 22.9 Å². The Morgan fingerprint density at radius 2 is 1.80 bits per heavy atom. The van der Waals surface area contributed by atoms with Gasteiger partial charge in [-0.2, -0.15) is 5.53 Å². The number of amides is 1. The summed E-state index contributed by atoms with van der Waals surface area (Å²) in [6.07, 6.45) is 0. The third-order valence-electron chi connectivity index (χ3n) is 0.867. The lowest BCUT2D eigenvalue weighted by Gasteiger charge is -2.16. The van der Waals surface area contributed by atoms with Gasteiger partial charge in [-0.05, 0) is 0 Å². The van der Waals surface area contributed by atoms with Crippen molar-refractivity contribution in [1.82, 2.24) is 11.0 Å². The van der Waals surface area contributed by atoms with Gasteiger partial charge in [0, 0.05) is 5.41 Å². The first kappa shape index (κ1) is 12.5. The van der Waals surface area contributed by atoms with E-state index in [1.54, 1.807) is 20.8 Å². The number of nitrogens with one attached hydrogen (secondary N) is 2. The summed E-state index contributed by atoms with van der Waals surface area (Å²) >= 11 is 0. The highest BCUT2D eigenvalue weighted by atomic mass is 79.9. The molecule has 0 aliphatic heterocycles. The van der Waals surface area contributed by atoms with E-state index >= 15 is 0 Å². The normalized spacial score (nSPS) is 10.0. The minimum absolute atomic E-state index is 0. The van der Waals surface area contributed by atoms with Crippen LogP contribution in [0.4, 0.5) is 0 Å². The summed E-state index contributed by atoms with van der Waals surface area (Å²) in [5.41, 5.74) is 3.97. The second-order valence-corrected chi connectivity index (χ2v) is 2.85. The van der Waals surface area contributed by atoms with E-state index in [2.05, 4.69) is 11.0 Å². The maximum atomic E-state index is 10.8. The van der Waals surface area contributed by atoms with Gasteiger partial charge in [-0.3, -0.25) is 16.1 Å². The largest absolute Gasteiger partial charge is 0.278 e. The lowest BCUT2D eigenvalue weighted by atomic mass is 9.96. The Kier molecular flexibility index (Phi) is 5.83. The topological polar surface area (TPSA) is 67.2 Å². The average Bonchev–Trinajstić information content (AvgIpc) is 1.64. The zero-order valence-electron chi connectivity index (χ0n) is 6.39. The Morgan fingerprint density at radius 3 is 1.90 bits per heavy atom. The molecule has 1 amide bonds. The fraction of sp³-hybridized carbons (Fsp3) is 0.800. The summed E-state index contributed by atoms with van der Waals surface area (Å²) < 4.78 is 0. The maximum Gasteiger partial charge on any atom is 0.240 e. The summed E-state index contributed by atoms with van der Waals surface area (Å²) in [6, 6.07) is 0. The zero-order chi connectivity index (χ0) is 7.49. The van der Waals surface area contributed by atoms with Gasteiger partial charge in [0.25, 0.3) is 0 Å². The molecular weight excluding hydrogens is 198 g/mol. The average molecular weight is 212 g/mol. The van der Waals surface area contributed by atoms with Gasteiger partial charge >= 0.3 is 0 Å². The Bertz CT molecular complexity index is 110. The van der Waals surface area contributed by atoms with E-state index in [0.717, 1.165) is 0 Å². The predicted octanol–water partition coefficient (Wildman–Crippen LogP) is 0.105. The summed E-state index contributed by atoms with van der Waals surface area (Å²) in [4.78, 5) is 10.8. The fourth-order valence-corrected chi connectivity index (χ4v) is 0.253. The van der Waals surface area contributed by atoms with Crippen LogP contribution in [0.3, 0.4) is 0 Å². The quantitative estimate of drug-likeness (QED) is 0.426. The summed E-state index contributed by atoms with van der Waals surface area (Å²) in [6.45, 7) is 5.42. The highest BCUT2D eigenvalue weighted by Crippen LogP contribution is 2.11. The van der Waals surface area contributed by atoms with Crippen molar-refractivity contribution in [2.24, 2.45) is 11.3 Å². The van der Waals surface area contributed by atoms with Crippen LogP contribution in [0.25, 0.3) is 0 Å². The van der Waals surface area contributed by atoms with E-state index < -0.39 is 0 Å². The van der Waals surface area contributed by atoms with E-state index in [9.17, 15) is 4.79 Å². The molecule has 62 valence electrons. The van der Waals surface area contributed by atoms with E-state index in [0.29, 0.717) is 0 Å². The van der Waals surface area contributed by atoms with Crippen LogP contribution in [0.5, 0.6) is 0 Å². The van der Waals surface area contributed by atoms with E-state index in [4.69, 9.17) is 5.84 Å². The Labute approximate surface area is 71.3 Å². The number of carbonyl (C=O) groups is 1. The van der Waals surface area contributed by atoms with Gasteiger partial charge in [0.1, 0.15) is 0 Å². The minimum atomic E-state index is -0.383. The second kappa shape index (κ2) is 4.65. The van der Waals surface area contributed by atoms with Crippen molar-refractivity contribution in [3.8, 4) is 0 Å². The SMILES string of the molecule is Br.CC(C)(C)C(=O)NNN. The van der Waals surface area contributed by atoms with Gasteiger partial charge in [-0.25, -0.2) is 0 Å². The summed E-state index contributed by atoms with van der Waals surface area (Å²) in [7, 11) is 0. The molecule has 4 nitrogen and oxygen atoms in total. The van der Waals surface area contributed by atoms with Crippen LogP contribution in [-0.2, 0) is 4.79 Å². The van der Waals surface area contributed by atoms with Crippen LogP contribution < -0.4 is 16.8 Å². The van der Waals surface area contributed by atoms with Gasteiger partial charge in [-0.15, -0.1) is 17.0 Å². The Morgan fingerprint density at radius 1 is 1.40 bits per heavy atom. The third kappa shape index (κ3) is 4.72. The van der Waals surface area contributed by atoms with Crippen molar-refractivity contribution < 1.29 is 4.79 Å². The molecule has 0 bridgehead atoms. The first-order valence-corrected chi connectivity index (χ1v) is 2.74. The smallest absolute Gasteiger partial charge is 0.240 e. The maximum absolute atomic E-state index is 10.8. The molecule has 0 rings (SSSR count). The number of halogens is 1. The number of rotatable bonds is 1. The van der Waals surface area contributed by atoms with Gasteiger partial charge in [0.15, 0.2) is 0 Å². The molecule has 0 aromatic rings. The first-order valence-electron chi connectivity index (χ1n) is 2.74. The molecule has 0 aromatic heterocycles. The second-order valence-electron chi connectivity index (χ2n) is 2.85. The number of hydrogen-bond donors (Lipinski definition) is 3. The van der Waals surface area contributed by atoms with Gasteiger partial charge in [0.2, 0.25) is 5.91 Å². The van der Waals surface area contributed by atoms with E-state index in [1.807, 2.05) is 0 Å². The highest BCUT2D eigenvalue weighted by Gasteiger charge is 2.19. The van der Waals surface area contributed by atoms with E-state index in [-0.39, 0.29) is 28.3 Å². The van der Waals surface area contributed by atoms with Gasteiger partial charge < -0.3 is 0 Å². The monoisotopic (exact) mass is 211 g/mol. The van der Waals surface area contributed by atoms with E-state index in [1.165, 1.54) is 0 Å². The molecule has 0 aliphatic carbocycles. The molecule has 0 fully saturated rings. The van der Waals surface area contributed by atoms with Crippen molar-refractivity contribution in [3.05, 3.63) is 0 Å². The molecule has 4 N–H and O–H groups in total. The molecule has 0 saturated heterocycles. The Balaban J connectivity index is 0. The third-order valence-corrected chi connectivity index (χ3v) is 0.867. The minimum Gasteiger partial charge on any atom is -0.278 e. The molecular formula is C5H14BrN3O. The van der Waals surface area contributed by atoms with Crippen LogP contribution in [0.2, 0.25) is 0 Å². The predicted molar refractivity (Wildman–Crippen MR) is 45.2 cm³/mol. The summed E-state index contributed by atoms with van der Waals surface area (Å²) in [5.74, 6) is 4.72. The van der Waals surface area contributed by atoms with Crippen molar-refractivity contribution in [2.45, 2.75) is 20.8 Å². The summed E-state index contributed by atoms with van der Waals surface area (Å²) in [5, 5.41) is 0. The number of nitrogens with two attached hydrogens (primary N) is 1. The molecule has 0 aliphatic rings. The number of hydrazine groups is 2. The van der Waals surface area contributed by atoms with Crippen LogP contribution in [0.1, 0.15) is 20.8 Å². The van der Waals surface area contributed by atoms with Gasteiger partial charge in [0.05, 0.1) is 0 Å². The van der Waals surface area contributed by atoms with Crippen molar-refractivity contribution in [1.29, 1.82) is 0 Å². The van der Waals surface area contributed by atoms with Crippen LogP contribution in [0, 0.1) is 5.41 Å². The Hall–Kier alpha value is -0.130. The van der Waals surface area contributed by atoms with Crippen LogP contribution in [0.15, 0.2) is 0 Å². The number of carbonyl (C=O) groups excluding carboxylic acids is 1. The molecule has 10 heavy (non-hydrogen) atoms. The van der Waals surface area contributed by atoms with Gasteiger partial charge in [-0.1, -0.05) is 20.8 Å². The standard InChI is InChI=1S/C5H13N3O.BrH/c1-5(2,3)4(9)7-8-6;/h8H,6H2,1-3H3,(H,7,9);1H. The zero-order valence-corrected chi connectivity index (χ0v) is 8.11. The molecule has 5 heteroatoms. The van der Waals surface area contributed by atoms with Crippen LogP contribution in [-0.4, -0.2) is 5.91 Å². The first-order chi connectivity index (χ1) is 3.98. The number of hydrogen-bond acceptors (Lipinski definition) is 3. The van der Waals surface area contributed by atoms with Crippen molar-refractivity contribution in [3.63, 3.8) is 0 Å².